The SMILES string of the molecule is CCC(c1ccccc1)C1CCCN1C(=O)[C@@H]1CC[C@H](CN)O1.Cl. The van der Waals surface area contributed by atoms with Crippen LogP contribution in [0.3, 0.4) is 0 Å². The number of amides is 1. The van der Waals surface area contributed by atoms with Gasteiger partial charge in [0.15, 0.2) is 0 Å². The van der Waals surface area contributed by atoms with Crippen LogP contribution in [-0.4, -0.2) is 42.1 Å². The van der Waals surface area contributed by atoms with E-state index in [4.69, 9.17) is 10.5 Å². The van der Waals surface area contributed by atoms with Gasteiger partial charge < -0.3 is 15.4 Å². The number of ether oxygens (including phenoxy) is 1. The minimum Gasteiger partial charge on any atom is -0.364 e. The summed E-state index contributed by atoms with van der Waals surface area (Å²) in [7, 11) is 0. The fraction of sp³-hybridized carbons (Fsp3) is 0.632. The molecule has 0 radical (unpaired) electrons. The second-order valence-corrected chi connectivity index (χ2v) is 6.73. The monoisotopic (exact) mass is 352 g/mol. The van der Waals surface area contributed by atoms with E-state index in [1.807, 2.05) is 6.07 Å². The summed E-state index contributed by atoms with van der Waals surface area (Å²) in [6, 6.07) is 10.9. The molecule has 0 spiro atoms. The molecule has 4 nitrogen and oxygen atoms in total. The van der Waals surface area contributed by atoms with E-state index in [0.717, 1.165) is 38.6 Å². The van der Waals surface area contributed by atoms with Gasteiger partial charge in [0.2, 0.25) is 0 Å². The van der Waals surface area contributed by atoms with E-state index in [2.05, 4.69) is 36.1 Å². The summed E-state index contributed by atoms with van der Waals surface area (Å²) in [5.41, 5.74) is 7.01. The van der Waals surface area contributed by atoms with Crippen molar-refractivity contribution in [3.8, 4) is 0 Å². The number of nitrogens with zero attached hydrogens (tertiary/aromatic N) is 1. The summed E-state index contributed by atoms with van der Waals surface area (Å²) in [6.07, 6.45) is 4.72. The van der Waals surface area contributed by atoms with E-state index in [-0.39, 0.29) is 30.5 Å². The van der Waals surface area contributed by atoms with Crippen molar-refractivity contribution in [1.29, 1.82) is 0 Å². The van der Waals surface area contributed by atoms with Crippen LogP contribution in [0.25, 0.3) is 0 Å². The zero-order valence-corrected chi connectivity index (χ0v) is 15.2. The Morgan fingerprint density at radius 1 is 1.29 bits per heavy atom. The summed E-state index contributed by atoms with van der Waals surface area (Å²) in [5.74, 6) is 0.590. The summed E-state index contributed by atoms with van der Waals surface area (Å²) >= 11 is 0. The lowest BCUT2D eigenvalue weighted by Crippen LogP contribution is -2.44. The van der Waals surface area contributed by atoms with Gasteiger partial charge in [-0.3, -0.25) is 4.79 Å². The van der Waals surface area contributed by atoms with Crippen LogP contribution in [0.15, 0.2) is 30.3 Å². The number of rotatable bonds is 5. The van der Waals surface area contributed by atoms with Crippen LogP contribution < -0.4 is 5.73 Å². The molecule has 1 amide bonds. The lowest BCUT2D eigenvalue weighted by molar-refractivity contribution is -0.144. The lowest BCUT2D eigenvalue weighted by Gasteiger charge is -2.33. The van der Waals surface area contributed by atoms with Crippen molar-refractivity contribution in [1.82, 2.24) is 4.90 Å². The van der Waals surface area contributed by atoms with Gasteiger partial charge in [0, 0.05) is 25.0 Å². The van der Waals surface area contributed by atoms with Crippen LogP contribution >= 0.6 is 12.4 Å². The van der Waals surface area contributed by atoms with Crippen molar-refractivity contribution in [3.05, 3.63) is 35.9 Å². The van der Waals surface area contributed by atoms with E-state index in [9.17, 15) is 4.79 Å². The molecule has 2 aliphatic rings. The van der Waals surface area contributed by atoms with Crippen LogP contribution in [-0.2, 0) is 9.53 Å². The Balaban J connectivity index is 0.00000208. The Bertz CT molecular complexity index is 525. The maximum atomic E-state index is 12.9. The first-order chi connectivity index (χ1) is 11.2. The number of hydrogen-bond acceptors (Lipinski definition) is 3. The molecule has 2 fully saturated rings. The zero-order chi connectivity index (χ0) is 16.2. The van der Waals surface area contributed by atoms with Gasteiger partial charge in [0.1, 0.15) is 6.10 Å². The third-order valence-electron chi connectivity index (χ3n) is 5.36. The van der Waals surface area contributed by atoms with E-state index < -0.39 is 0 Å². The standard InChI is InChI=1S/C19H28N2O2.ClH/c1-2-16(14-7-4-3-5-8-14)17-9-6-12-21(17)19(22)18-11-10-15(13-20)23-18;/h3-5,7-8,15-18H,2,6,9-13,20H2,1H3;1H/t15-,16?,17?,18+;/m1./s1. The number of carbonyl (C=O) groups excluding carboxylic acids is 1. The van der Waals surface area contributed by atoms with Crippen molar-refractivity contribution in [2.75, 3.05) is 13.1 Å². The maximum Gasteiger partial charge on any atom is 0.251 e. The number of benzene rings is 1. The molecule has 1 aromatic carbocycles. The molecule has 2 aliphatic heterocycles. The topological polar surface area (TPSA) is 55.6 Å². The van der Waals surface area contributed by atoms with Crippen molar-refractivity contribution >= 4 is 18.3 Å². The van der Waals surface area contributed by atoms with E-state index in [0.29, 0.717) is 18.5 Å². The Morgan fingerprint density at radius 3 is 2.67 bits per heavy atom. The molecule has 2 unspecified atom stereocenters. The first kappa shape index (κ1) is 19.2. The van der Waals surface area contributed by atoms with Gasteiger partial charge in [-0.2, -0.15) is 0 Å². The molecule has 0 aliphatic carbocycles. The van der Waals surface area contributed by atoms with Gasteiger partial charge in [-0.1, -0.05) is 37.3 Å². The predicted octanol–water partition coefficient (Wildman–Crippen LogP) is 3.10. The molecular weight excluding hydrogens is 324 g/mol. The van der Waals surface area contributed by atoms with Gasteiger partial charge in [-0.05, 0) is 37.7 Å². The first-order valence-electron chi connectivity index (χ1n) is 8.95. The Labute approximate surface area is 151 Å². The van der Waals surface area contributed by atoms with Crippen molar-refractivity contribution in [2.45, 2.75) is 63.2 Å². The molecule has 4 atom stereocenters. The molecule has 0 bridgehead atoms. The van der Waals surface area contributed by atoms with E-state index in [1.54, 1.807) is 0 Å². The summed E-state index contributed by atoms with van der Waals surface area (Å²) in [5, 5.41) is 0. The summed E-state index contributed by atoms with van der Waals surface area (Å²) in [4.78, 5) is 15.0. The second-order valence-electron chi connectivity index (χ2n) is 6.73. The molecule has 3 rings (SSSR count). The second kappa shape index (κ2) is 8.84. The Kier molecular flexibility index (Phi) is 7.08. The van der Waals surface area contributed by atoms with Crippen LogP contribution in [0, 0.1) is 0 Å². The van der Waals surface area contributed by atoms with E-state index >= 15 is 0 Å². The molecule has 2 saturated heterocycles. The highest BCUT2D eigenvalue weighted by molar-refractivity contribution is 5.85. The fourth-order valence-electron chi connectivity index (χ4n) is 4.16. The van der Waals surface area contributed by atoms with Crippen LogP contribution in [0.5, 0.6) is 0 Å². The highest BCUT2D eigenvalue weighted by Gasteiger charge is 2.40. The van der Waals surface area contributed by atoms with Crippen molar-refractivity contribution in [2.24, 2.45) is 5.73 Å². The van der Waals surface area contributed by atoms with E-state index in [1.165, 1.54) is 5.56 Å². The molecule has 24 heavy (non-hydrogen) atoms. The number of carbonyl (C=O) groups is 1. The Hall–Kier alpha value is -1.10. The zero-order valence-electron chi connectivity index (χ0n) is 14.4. The highest BCUT2D eigenvalue weighted by Crippen LogP contribution is 2.35. The van der Waals surface area contributed by atoms with Gasteiger partial charge in [-0.25, -0.2) is 0 Å². The van der Waals surface area contributed by atoms with Crippen molar-refractivity contribution in [3.63, 3.8) is 0 Å². The molecule has 5 heteroatoms. The molecule has 134 valence electrons. The molecule has 2 heterocycles. The van der Waals surface area contributed by atoms with Gasteiger partial charge in [0.05, 0.1) is 6.10 Å². The number of likely N-dealkylation sites (tertiary alicyclic amines) is 1. The maximum absolute atomic E-state index is 12.9. The predicted molar refractivity (Wildman–Crippen MR) is 98.4 cm³/mol. The lowest BCUT2D eigenvalue weighted by atomic mass is 9.87. The average Bonchev–Trinajstić information content (AvgIpc) is 3.25. The van der Waals surface area contributed by atoms with Crippen LogP contribution in [0.4, 0.5) is 0 Å². The smallest absolute Gasteiger partial charge is 0.251 e. The average molecular weight is 353 g/mol. The normalized spacial score (nSPS) is 27.8. The van der Waals surface area contributed by atoms with Gasteiger partial charge in [-0.15, -0.1) is 12.4 Å². The van der Waals surface area contributed by atoms with Gasteiger partial charge in [0.25, 0.3) is 5.91 Å². The highest BCUT2D eigenvalue weighted by atomic mass is 35.5. The molecular formula is C19H29ClN2O2. The summed E-state index contributed by atoms with van der Waals surface area (Å²) < 4.78 is 5.84. The fourth-order valence-corrected chi connectivity index (χ4v) is 4.16. The number of hydrogen-bond donors (Lipinski definition) is 1. The van der Waals surface area contributed by atoms with Crippen LogP contribution in [0.1, 0.15) is 50.5 Å². The number of nitrogens with two attached hydrogens (primary N) is 1. The first-order valence-corrected chi connectivity index (χ1v) is 8.95. The molecule has 0 aromatic heterocycles. The van der Waals surface area contributed by atoms with Crippen LogP contribution in [0.2, 0.25) is 0 Å². The Morgan fingerprint density at radius 2 is 2.04 bits per heavy atom. The molecule has 0 saturated carbocycles. The third-order valence-corrected chi connectivity index (χ3v) is 5.36. The quantitative estimate of drug-likeness (QED) is 0.885. The minimum atomic E-state index is -0.280. The minimum absolute atomic E-state index is 0. The largest absolute Gasteiger partial charge is 0.364 e. The summed E-state index contributed by atoms with van der Waals surface area (Å²) in [6.45, 7) is 3.59. The van der Waals surface area contributed by atoms with Crippen molar-refractivity contribution < 1.29 is 9.53 Å². The molecule has 1 aromatic rings. The number of halogens is 1. The third kappa shape index (κ3) is 3.93. The molecule has 2 N–H and O–H groups in total. The van der Waals surface area contributed by atoms with Gasteiger partial charge >= 0.3 is 0 Å².